The van der Waals surface area contributed by atoms with E-state index in [1.165, 1.54) is 6.42 Å². The summed E-state index contributed by atoms with van der Waals surface area (Å²) in [6.07, 6.45) is 5.27. The molecule has 0 saturated heterocycles. The van der Waals surface area contributed by atoms with E-state index >= 15 is 0 Å². The average Bonchev–Trinajstić information content (AvgIpc) is 1.83. The van der Waals surface area contributed by atoms with E-state index in [2.05, 4.69) is 6.92 Å². The van der Waals surface area contributed by atoms with Gasteiger partial charge in [0.25, 0.3) is 0 Å². The molecule has 0 saturated carbocycles. The molecule has 0 aromatic rings. The average molecular weight is 216 g/mol. The molecular weight excluding hydrogens is 203 g/mol. The van der Waals surface area contributed by atoms with Crippen molar-refractivity contribution >= 4 is 6.29 Å². The van der Waals surface area contributed by atoms with Gasteiger partial charge in [-0.15, -0.1) is 5.92 Å². The van der Waals surface area contributed by atoms with Crippen LogP contribution in [-0.2, 0) is 24.3 Å². The molecule has 0 aliphatic rings. The summed E-state index contributed by atoms with van der Waals surface area (Å²) in [7, 11) is 0. The van der Waals surface area contributed by atoms with Crippen LogP contribution < -0.4 is 0 Å². The fourth-order valence-electron chi connectivity index (χ4n) is 0.569. The van der Waals surface area contributed by atoms with Gasteiger partial charge in [0.2, 0.25) is 0 Å². The zero-order valence-electron chi connectivity index (χ0n) is 5.94. The van der Waals surface area contributed by atoms with E-state index in [0.29, 0.717) is 0 Å². The molecule has 0 amide bonds. The van der Waals surface area contributed by atoms with Gasteiger partial charge in [-0.05, 0) is 0 Å². The molecule has 0 N–H and O–H groups in total. The minimum atomic E-state index is 0. The zero-order chi connectivity index (χ0) is 6.41. The molecule has 0 bridgehead atoms. The zero-order valence-corrected chi connectivity index (χ0v) is 7.58. The van der Waals surface area contributed by atoms with Crippen molar-refractivity contribution in [3.05, 3.63) is 0 Å². The van der Waals surface area contributed by atoms with Crippen LogP contribution in [0.15, 0.2) is 0 Å². The number of hydrogen-bond donors (Lipinski definition) is 0. The van der Waals surface area contributed by atoms with E-state index in [1.54, 1.807) is 0 Å². The van der Waals surface area contributed by atoms with Gasteiger partial charge in [-0.25, -0.2) is 0 Å². The van der Waals surface area contributed by atoms with E-state index in [1.807, 2.05) is 13.2 Å². The number of unbranched alkanes of at least 4 members (excludes halogenated alkanes) is 1. The Morgan fingerprint density at radius 2 is 2.11 bits per heavy atom. The maximum Gasteiger partial charge on any atom is 0 e. The predicted molar refractivity (Wildman–Crippen MR) is 34.4 cm³/mol. The van der Waals surface area contributed by atoms with E-state index in [-0.39, 0.29) is 25.4 Å². The van der Waals surface area contributed by atoms with E-state index < -0.39 is 0 Å². The van der Waals surface area contributed by atoms with Crippen LogP contribution in [0.4, 0.5) is 0 Å². The maximum atomic E-state index is 9.89. The Bertz CT molecular complexity index is 63.9. The molecule has 0 spiro atoms. The second kappa shape index (κ2) is 8.29. The fraction of sp³-hybridized carbons (Fsp3) is 0.857. The summed E-state index contributed by atoms with van der Waals surface area (Å²) in [6, 6.07) is 0. The van der Waals surface area contributed by atoms with Crippen molar-refractivity contribution in [1.82, 2.24) is 0 Å². The van der Waals surface area contributed by atoms with Gasteiger partial charge in [0.05, 0.1) is 0 Å². The van der Waals surface area contributed by atoms with Crippen LogP contribution in [0.1, 0.15) is 33.1 Å². The predicted octanol–water partition coefficient (Wildman–Crippen LogP) is 1.92. The summed E-state index contributed by atoms with van der Waals surface area (Å²) >= 11 is 0. The fourth-order valence-corrected chi connectivity index (χ4v) is 0.569. The molecule has 0 fully saturated rings. The third-order valence-electron chi connectivity index (χ3n) is 1.19. The second-order valence-electron chi connectivity index (χ2n) is 2.16. The first-order valence-corrected chi connectivity index (χ1v) is 3.19. The molecule has 9 heavy (non-hydrogen) atoms. The standard InChI is InChI=1S/C7H13O.Rh/c1-3-4-5-7(2)6-8;/h7H,3-5H2,1-2H3;/q-1;. The van der Waals surface area contributed by atoms with Crippen LogP contribution in [0.3, 0.4) is 0 Å². The van der Waals surface area contributed by atoms with Crippen LogP contribution in [0.25, 0.3) is 0 Å². The van der Waals surface area contributed by atoms with Crippen LogP contribution in [0.2, 0.25) is 0 Å². The van der Waals surface area contributed by atoms with Gasteiger partial charge < -0.3 is 4.79 Å². The first kappa shape index (κ1) is 12.0. The Morgan fingerprint density at radius 1 is 1.56 bits per heavy atom. The second-order valence-corrected chi connectivity index (χ2v) is 2.16. The third-order valence-corrected chi connectivity index (χ3v) is 1.19. The van der Waals surface area contributed by atoms with Crippen molar-refractivity contribution in [2.75, 3.05) is 0 Å². The summed E-state index contributed by atoms with van der Waals surface area (Å²) < 4.78 is 0. The molecule has 0 aliphatic carbocycles. The summed E-state index contributed by atoms with van der Waals surface area (Å²) in [5.41, 5.74) is 0. The molecule has 0 rings (SSSR count). The topological polar surface area (TPSA) is 17.1 Å². The monoisotopic (exact) mass is 216 g/mol. The smallest absolute Gasteiger partial charge is 0 e. The largest absolute Gasteiger partial charge is 0.542 e. The van der Waals surface area contributed by atoms with Crippen LogP contribution >= 0.6 is 0 Å². The Labute approximate surface area is 70.0 Å². The van der Waals surface area contributed by atoms with Gasteiger partial charge in [-0.2, -0.15) is 0 Å². The molecule has 57 valence electrons. The van der Waals surface area contributed by atoms with Crippen molar-refractivity contribution in [1.29, 1.82) is 0 Å². The Balaban J connectivity index is 0. The van der Waals surface area contributed by atoms with Gasteiger partial charge in [0.15, 0.2) is 0 Å². The van der Waals surface area contributed by atoms with Crippen molar-refractivity contribution in [2.24, 2.45) is 5.92 Å². The Morgan fingerprint density at radius 3 is 2.44 bits per heavy atom. The molecule has 0 heterocycles. The summed E-state index contributed by atoms with van der Waals surface area (Å²) in [5.74, 6) is 0.148. The summed E-state index contributed by atoms with van der Waals surface area (Å²) in [4.78, 5) is 9.89. The van der Waals surface area contributed by atoms with Gasteiger partial charge in [-0.3, -0.25) is 6.29 Å². The van der Waals surface area contributed by atoms with Gasteiger partial charge in [0, 0.05) is 19.5 Å². The molecule has 1 nitrogen and oxygen atoms in total. The van der Waals surface area contributed by atoms with Crippen molar-refractivity contribution < 1.29 is 24.3 Å². The molecule has 2 heteroatoms. The Hall–Kier alpha value is 0.293. The summed E-state index contributed by atoms with van der Waals surface area (Å²) in [6.45, 7) is 4.03. The SMILES string of the molecule is CCCCC(C)[C-]=O.[Rh]. The minimum Gasteiger partial charge on any atom is -0.542 e. The first-order chi connectivity index (χ1) is 3.81. The molecule has 0 aromatic carbocycles. The number of rotatable bonds is 4. The molecule has 1 radical (unpaired) electrons. The Kier molecular flexibility index (Phi) is 11.1. The van der Waals surface area contributed by atoms with Gasteiger partial charge in [0.1, 0.15) is 0 Å². The first-order valence-electron chi connectivity index (χ1n) is 3.19. The molecule has 0 aromatic heterocycles. The maximum absolute atomic E-state index is 9.89. The molecule has 0 aliphatic heterocycles. The van der Waals surface area contributed by atoms with Crippen LogP contribution in [0.5, 0.6) is 0 Å². The van der Waals surface area contributed by atoms with Crippen molar-refractivity contribution in [3.63, 3.8) is 0 Å². The normalized spacial score (nSPS) is 11.8. The molecular formula is C7H13ORh-. The number of carbonyl (C=O) groups excluding carboxylic acids is 1. The van der Waals surface area contributed by atoms with E-state index in [0.717, 1.165) is 12.8 Å². The minimum absolute atomic E-state index is 0. The summed E-state index contributed by atoms with van der Waals surface area (Å²) in [5, 5.41) is 0. The van der Waals surface area contributed by atoms with E-state index in [9.17, 15) is 4.79 Å². The van der Waals surface area contributed by atoms with Crippen molar-refractivity contribution in [3.8, 4) is 0 Å². The number of hydrogen-bond acceptors (Lipinski definition) is 1. The van der Waals surface area contributed by atoms with E-state index in [4.69, 9.17) is 0 Å². The molecule has 1 atom stereocenters. The van der Waals surface area contributed by atoms with Crippen LogP contribution in [-0.4, -0.2) is 6.29 Å². The quantitative estimate of drug-likeness (QED) is 0.518. The van der Waals surface area contributed by atoms with Crippen molar-refractivity contribution in [2.45, 2.75) is 33.1 Å². The van der Waals surface area contributed by atoms with Gasteiger partial charge >= 0.3 is 0 Å². The van der Waals surface area contributed by atoms with Gasteiger partial charge in [-0.1, -0.05) is 33.1 Å². The van der Waals surface area contributed by atoms with Crippen LogP contribution in [0, 0.1) is 5.92 Å². The molecule has 1 unspecified atom stereocenters. The third kappa shape index (κ3) is 8.29.